The highest BCUT2D eigenvalue weighted by molar-refractivity contribution is 5.92. The molecule has 1 aliphatic heterocycles. The summed E-state index contributed by atoms with van der Waals surface area (Å²) in [6.45, 7) is 0. The number of nitrogens with one attached hydrogen (secondary N) is 1. The van der Waals surface area contributed by atoms with Crippen LogP contribution in [0.4, 0.5) is 11.4 Å². The van der Waals surface area contributed by atoms with Crippen molar-refractivity contribution in [3.8, 4) is 0 Å². The first-order valence-corrected chi connectivity index (χ1v) is 13.2. The maximum Gasteiger partial charge on any atom is 0.0751 e. The minimum Gasteiger partial charge on any atom is -0.355 e. The molecule has 4 aliphatic carbocycles. The van der Waals surface area contributed by atoms with E-state index in [1.54, 1.807) is 0 Å². The molecule has 36 heavy (non-hydrogen) atoms. The second kappa shape index (κ2) is 6.36. The topological polar surface area (TPSA) is 12.0 Å². The molecule has 0 radical (unpaired) electrons. The van der Waals surface area contributed by atoms with Crippen molar-refractivity contribution in [1.29, 1.82) is 0 Å². The van der Waals surface area contributed by atoms with E-state index in [1.165, 1.54) is 86.3 Å². The highest BCUT2D eigenvalue weighted by Crippen LogP contribution is 2.69. The Morgan fingerprint density at radius 1 is 0.472 bits per heavy atom. The van der Waals surface area contributed by atoms with E-state index < -0.39 is 0 Å². The molecule has 5 aromatic rings. The van der Waals surface area contributed by atoms with Gasteiger partial charge in [0, 0.05) is 11.4 Å². The second-order valence-electron chi connectivity index (χ2n) is 10.8. The van der Waals surface area contributed by atoms with E-state index in [0.717, 1.165) is 0 Å². The number of aryl methyl sites for hydroxylation is 2. The zero-order valence-corrected chi connectivity index (χ0v) is 20.0. The third-order valence-electron chi connectivity index (χ3n) is 9.43. The Bertz CT molecular complexity index is 1700. The van der Waals surface area contributed by atoms with E-state index in [2.05, 4.69) is 115 Å². The lowest BCUT2D eigenvalue weighted by Crippen LogP contribution is -2.53. The second-order valence-corrected chi connectivity index (χ2v) is 10.8. The van der Waals surface area contributed by atoms with Gasteiger partial charge in [0.1, 0.15) is 0 Å². The van der Waals surface area contributed by atoms with Gasteiger partial charge in [-0.05, 0) is 87.0 Å². The first kappa shape index (κ1) is 19.1. The van der Waals surface area contributed by atoms with Crippen molar-refractivity contribution < 1.29 is 0 Å². The van der Waals surface area contributed by atoms with E-state index in [-0.39, 0.29) is 10.8 Å². The van der Waals surface area contributed by atoms with Gasteiger partial charge >= 0.3 is 0 Å². The highest BCUT2D eigenvalue weighted by atomic mass is 14.9. The van der Waals surface area contributed by atoms with Crippen LogP contribution in [0.15, 0.2) is 109 Å². The van der Waals surface area contributed by atoms with E-state index in [0.29, 0.717) is 0 Å². The van der Waals surface area contributed by atoms with Crippen molar-refractivity contribution in [2.24, 2.45) is 0 Å². The monoisotopic (exact) mass is 459 g/mol. The van der Waals surface area contributed by atoms with E-state index in [1.807, 2.05) is 0 Å². The molecule has 0 amide bonds. The summed E-state index contributed by atoms with van der Waals surface area (Å²) in [4.78, 5) is 0. The fourth-order valence-electron chi connectivity index (χ4n) is 8.26. The molecule has 0 unspecified atom stereocenters. The number of hydrogen-bond acceptors (Lipinski definition) is 1. The maximum atomic E-state index is 3.92. The van der Waals surface area contributed by atoms with Crippen LogP contribution < -0.4 is 5.32 Å². The number of benzene rings is 5. The summed E-state index contributed by atoms with van der Waals surface area (Å²) in [5, 5.41) is 3.92. The molecule has 0 fully saturated rings. The van der Waals surface area contributed by atoms with Crippen LogP contribution in [0.2, 0.25) is 0 Å². The molecule has 170 valence electrons. The molecular formula is C35H25N. The standard InChI is InChI=1S/C35H25N/c1-2-12-24(13-3-1)34-25-14-4-6-16-27(25)35(28-17-7-5-15-26(28)34)30-20-22-10-8-11-23(22)21-32(30)36-31-19-9-18-29(34)33(31)35/h1-7,9,12-21,36H,8,10-11H2. The maximum absolute atomic E-state index is 3.92. The average molecular weight is 460 g/mol. The van der Waals surface area contributed by atoms with Gasteiger partial charge in [0.05, 0.1) is 10.8 Å². The minimum atomic E-state index is -0.336. The molecule has 1 heteroatoms. The molecular weight excluding hydrogens is 434 g/mol. The molecule has 5 aromatic carbocycles. The van der Waals surface area contributed by atoms with Crippen molar-refractivity contribution in [2.75, 3.05) is 5.32 Å². The number of anilines is 2. The Kier molecular flexibility index (Phi) is 3.38. The van der Waals surface area contributed by atoms with Gasteiger partial charge in [0.15, 0.2) is 0 Å². The van der Waals surface area contributed by atoms with Gasteiger partial charge in [-0.25, -0.2) is 0 Å². The average Bonchev–Trinajstić information content (AvgIpc) is 3.40. The van der Waals surface area contributed by atoms with Crippen LogP contribution in [0.1, 0.15) is 62.1 Å². The fraction of sp³-hybridized carbons (Fsp3) is 0.143. The zero-order chi connectivity index (χ0) is 23.5. The van der Waals surface area contributed by atoms with Crippen LogP contribution >= 0.6 is 0 Å². The first-order chi connectivity index (χ1) is 17.8. The molecule has 1 spiro atoms. The van der Waals surface area contributed by atoms with E-state index in [4.69, 9.17) is 0 Å². The van der Waals surface area contributed by atoms with Crippen LogP contribution in [0, 0.1) is 0 Å². The zero-order valence-electron chi connectivity index (χ0n) is 20.0. The van der Waals surface area contributed by atoms with Gasteiger partial charge in [-0.3, -0.25) is 0 Å². The molecule has 0 atom stereocenters. The summed E-state index contributed by atoms with van der Waals surface area (Å²) in [5.41, 5.74) is 16.3. The third kappa shape index (κ3) is 1.92. The van der Waals surface area contributed by atoms with Crippen LogP contribution in [-0.2, 0) is 23.7 Å². The molecule has 0 saturated heterocycles. The lowest BCUT2D eigenvalue weighted by molar-refractivity contribution is 0.556. The normalized spacial score (nSPS) is 23.1. The Morgan fingerprint density at radius 3 is 1.75 bits per heavy atom. The largest absolute Gasteiger partial charge is 0.355 e. The van der Waals surface area contributed by atoms with Crippen molar-refractivity contribution >= 4 is 11.4 Å². The Labute approximate surface area is 211 Å². The summed E-state index contributed by atoms with van der Waals surface area (Å²) in [5.74, 6) is 0. The quantitative estimate of drug-likeness (QED) is 0.266. The molecule has 1 heterocycles. The lowest BCUT2D eigenvalue weighted by atomic mass is 9.43. The number of hydrogen-bond donors (Lipinski definition) is 1. The first-order valence-electron chi connectivity index (χ1n) is 13.2. The smallest absolute Gasteiger partial charge is 0.0751 e. The minimum absolute atomic E-state index is 0.312. The highest BCUT2D eigenvalue weighted by Gasteiger charge is 2.62. The van der Waals surface area contributed by atoms with Gasteiger partial charge in [-0.1, -0.05) is 97.1 Å². The molecule has 1 nitrogen and oxygen atoms in total. The van der Waals surface area contributed by atoms with Crippen molar-refractivity contribution in [1.82, 2.24) is 0 Å². The molecule has 0 saturated carbocycles. The van der Waals surface area contributed by atoms with Gasteiger partial charge in [-0.15, -0.1) is 0 Å². The summed E-state index contributed by atoms with van der Waals surface area (Å²) in [7, 11) is 0. The summed E-state index contributed by atoms with van der Waals surface area (Å²) >= 11 is 0. The Morgan fingerprint density at radius 2 is 1.06 bits per heavy atom. The van der Waals surface area contributed by atoms with E-state index >= 15 is 0 Å². The predicted molar refractivity (Wildman–Crippen MR) is 145 cm³/mol. The van der Waals surface area contributed by atoms with Crippen LogP contribution in [-0.4, -0.2) is 0 Å². The molecule has 2 bridgehead atoms. The Hall–Kier alpha value is -4.10. The fourth-order valence-corrected chi connectivity index (χ4v) is 8.26. The summed E-state index contributed by atoms with van der Waals surface area (Å²) in [6.07, 6.45) is 3.63. The molecule has 10 rings (SSSR count). The Balaban J connectivity index is 1.55. The number of rotatable bonds is 1. The SMILES string of the molecule is c1ccc(C23c4ccccc4C4(c5cc6c(cc5Nc5cccc2c54)CCC6)c2ccccc23)cc1. The van der Waals surface area contributed by atoms with Gasteiger partial charge in [0.2, 0.25) is 0 Å². The van der Waals surface area contributed by atoms with Gasteiger partial charge in [-0.2, -0.15) is 0 Å². The van der Waals surface area contributed by atoms with E-state index in [9.17, 15) is 0 Å². The molecule has 1 N–H and O–H groups in total. The summed E-state index contributed by atoms with van der Waals surface area (Å²) < 4.78 is 0. The number of fused-ring (bicyclic) bond motifs is 2. The van der Waals surface area contributed by atoms with Gasteiger partial charge < -0.3 is 5.32 Å². The third-order valence-corrected chi connectivity index (χ3v) is 9.43. The summed E-state index contributed by atoms with van der Waals surface area (Å²) in [6, 6.07) is 41.7. The molecule has 0 aromatic heterocycles. The van der Waals surface area contributed by atoms with Crippen LogP contribution in [0.3, 0.4) is 0 Å². The van der Waals surface area contributed by atoms with Crippen molar-refractivity contribution in [3.63, 3.8) is 0 Å². The van der Waals surface area contributed by atoms with Crippen LogP contribution in [0.5, 0.6) is 0 Å². The van der Waals surface area contributed by atoms with Crippen LogP contribution in [0.25, 0.3) is 0 Å². The van der Waals surface area contributed by atoms with Gasteiger partial charge in [0.25, 0.3) is 0 Å². The van der Waals surface area contributed by atoms with Crippen molar-refractivity contribution in [2.45, 2.75) is 30.1 Å². The lowest BCUT2D eigenvalue weighted by Gasteiger charge is -2.59. The molecule has 5 aliphatic rings. The predicted octanol–water partition coefficient (Wildman–Crippen LogP) is 7.62. The van der Waals surface area contributed by atoms with Crippen molar-refractivity contribution in [3.05, 3.63) is 165 Å².